The minimum Gasteiger partial charge on any atom is -0.365 e. The summed E-state index contributed by atoms with van der Waals surface area (Å²) >= 11 is 6.05. The van der Waals surface area contributed by atoms with Crippen molar-refractivity contribution in [2.45, 2.75) is 29.8 Å². The van der Waals surface area contributed by atoms with E-state index < -0.39 is 20.9 Å². The van der Waals surface area contributed by atoms with Crippen LogP contribution in [0.5, 0.6) is 0 Å². The second-order valence-corrected chi connectivity index (χ2v) is 10.9. The van der Waals surface area contributed by atoms with Crippen molar-refractivity contribution in [2.24, 2.45) is 0 Å². The molecule has 158 valence electrons. The van der Waals surface area contributed by atoms with Crippen molar-refractivity contribution in [2.75, 3.05) is 26.2 Å². The molecular weight excluding hydrogens is 424 g/mol. The zero-order valence-corrected chi connectivity index (χ0v) is 18.0. The van der Waals surface area contributed by atoms with Crippen LogP contribution in [0.2, 0.25) is 5.02 Å². The summed E-state index contributed by atoms with van der Waals surface area (Å²) in [4.78, 5) is 14.8. The maximum Gasteiger partial charge on any atom is 0.254 e. The number of morpholine rings is 1. The minimum absolute atomic E-state index is 0.133. The third-order valence-electron chi connectivity index (χ3n) is 6.36. The van der Waals surface area contributed by atoms with Crippen LogP contribution in [0.1, 0.15) is 22.3 Å². The Morgan fingerprint density at radius 2 is 1.93 bits per heavy atom. The lowest BCUT2D eigenvalue weighted by molar-refractivity contribution is -0.0976. The van der Waals surface area contributed by atoms with E-state index in [1.165, 1.54) is 0 Å². The Kier molecular flexibility index (Phi) is 4.89. The molecular formula is C22H23ClN2O4S. The van der Waals surface area contributed by atoms with Gasteiger partial charge in [-0.15, -0.1) is 0 Å². The van der Waals surface area contributed by atoms with Gasteiger partial charge in [-0.3, -0.25) is 4.79 Å². The summed E-state index contributed by atoms with van der Waals surface area (Å²) < 4.78 is 34.3. The van der Waals surface area contributed by atoms with Gasteiger partial charge in [0.25, 0.3) is 5.91 Å². The van der Waals surface area contributed by atoms with E-state index in [1.54, 1.807) is 33.5 Å². The molecule has 8 heteroatoms. The summed E-state index contributed by atoms with van der Waals surface area (Å²) in [7, 11) is -3.47. The summed E-state index contributed by atoms with van der Waals surface area (Å²) in [6.07, 6.45) is 0.832. The lowest BCUT2D eigenvalue weighted by Gasteiger charge is -2.39. The Morgan fingerprint density at radius 3 is 2.70 bits per heavy atom. The van der Waals surface area contributed by atoms with Crippen molar-refractivity contribution in [1.82, 2.24) is 9.21 Å². The predicted molar refractivity (Wildman–Crippen MR) is 114 cm³/mol. The van der Waals surface area contributed by atoms with Crippen molar-refractivity contribution in [3.8, 4) is 0 Å². The van der Waals surface area contributed by atoms with E-state index in [2.05, 4.69) is 0 Å². The number of hydrogen-bond donors (Lipinski definition) is 0. The predicted octanol–water partition coefficient (Wildman–Crippen LogP) is 2.58. The fourth-order valence-corrected chi connectivity index (χ4v) is 7.51. The first kappa shape index (κ1) is 20.0. The number of sulfonamides is 1. The van der Waals surface area contributed by atoms with Gasteiger partial charge in [0.15, 0.2) is 0 Å². The fraction of sp³-hybridized carbons (Fsp3) is 0.409. The van der Waals surface area contributed by atoms with Gasteiger partial charge < -0.3 is 9.64 Å². The van der Waals surface area contributed by atoms with E-state index in [1.807, 2.05) is 30.3 Å². The first-order chi connectivity index (χ1) is 14.4. The van der Waals surface area contributed by atoms with Crippen molar-refractivity contribution in [1.29, 1.82) is 0 Å². The molecule has 3 aliphatic heterocycles. The quantitative estimate of drug-likeness (QED) is 0.724. The lowest BCUT2D eigenvalue weighted by Crippen LogP contribution is -2.56. The number of amides is 1. The Balaban J connectivity index is 1.36. The van der Waals surface area contributed by atoms with Crippen molar-refractivity contribution >= 4 is 27.5 Å². The molecule has 3 fully saturated rings. The van der Waals surface area contributed by atoms with Gasteiger partial charge in [0, 0.05) is 30.2 Å². The minimum atomic E-state index is -3.47. The highest BCUT2D eigenvalue weighted by Gasteiger charge is 2.65. The average molecular weight is 447 g/mol. The summed E-state index contributed by atoms with van der Waals surface area (Å²) in [5.74, 6) is -0.133. The molecule has 3 aliphatic rings. The Bertz CT molecular complexity index is 1080. The highest BCUT2D eigenvalue weighted by molar-refractivity contribution is 7.90. The molecule has 6 nitrogen and oxygen atoms in total. The van der Waals surface area contributed by atoms with Crippen LogP contribution in [-0.4, -0.2) is 66.7 Å². The molecule has 3 saturated heterocycles. The van der Waals surface area contributed by atoms with Crippen LogP contribution in [0.15, 0.2) is 54.6 Å². The van der Waals surface area contributed by atoms with Crippen molar-refractivity contribution in [3.63, 3.8) is 0 Å². The number of likely N-dealkylation sites (tertiary alicyclic amines) is 1. The van der Waals surface area contributed by atoms with Crippen LogP contribution in [0.4, 0.5) is 0 Å². The van der Waals surface area contributed by atoms with Crippen molar-refractivity contribution in [3.05, 3.63) is 70.7 Å². The number of rotatable bonds is 4. The van der Waals surface area contributed by atoms with Gasteiger partial charge in [0.05, 0.1) is 12.6 Å². The summed E-state index contributed by atoms with van der Waals surface area (Å²) in [5, 5.41) is -0.0911. The monoisotopic (exact) mass is 446 g/mol. The summed E-state index contributed by atoms with van der Waals surface area (Å²) in [6, 6.07) is 16.7. The van der Waals surface area contributed by atoms with Gasteiger partial charge in [-0.1, -0.05) is 48.0 Å². The van der Waals surface area contributed by atoms with Gasteiger partial charge in [0.2, 0.25) is 10.0 Å². The van der Waals surface area contributed by atoms with E-state index >= 15 is 0 Å². The molecule has 1 amide bonds. The van der Waals surface area contributed by atoms with Crippen molar-refractivity contribution < 1.29 is 17.9 Å². The van der Waals surface area contributed by atoms with Gasteiger partial charge in [0.1, 0.15) is 10.9 Å². The number of carbonyl (C=O) groups excluding carboxylic acids is 1. The van der Waals surface area contributed by atoms with Crippen LogP contribution < -0.4 is 0 Å². The van der Waals surface area contributed by atoms with E-state index in [-0.39, 0.29) is 18.6 Å². The van der Waals surface area contributed by atoms with Gasteiger partial charge >= 0.3 is 0 Å². The number of hydrogen-bond acceptors (Lipinski definition) is 4. The maximum absolute atomic E-state index is 13.2. The van der Waals surface area contributed by atoms with Crippen LogP contribution in [0, 0.1) is 0 Å². The standard InChI is InChI=1S/C22H23ClN2O4S/c23-18-8-4-7-17(11-18)21(26)24-13-19-12-20-22(14-24,29-19)15-25(30(20,27)28)10-9-16-5-2-1-3-6-16/h1-8,11,19-20H,9-10,12-15H2/t19-,20+,22+/m0/s1. The average Bonchev–Trinajstić information content (AvgIpc) is 3.11. The highest BCUT2D eigenvalue weighted by Crippen LogP contribution is 2.46. The van der Waals surface area contributed by atoms with Crippen LogP contribution in [0.3, 0.4) is 0 Å². The largest absolute Gasteiger partial charge is 0.365 e. The van der Waals surface area contributed by atoms with E-state index in [0.29, 0.717) is 43.1 Å². The molecule has 30 heavy (non-hydrogen) atoms. The fourth-order valence-electron chi connectivity index (χ4n) is 5.01. The molecule has 2 aromatic rings. The van der Waals surface area contributed by atoms with Gasteiger partial charge in [-0.05, 0) is 36.6 Å². The first-order valence-electron chi connectivity index (χ1n) is 10.1. The first-order valence-corrected chi connectivity index (χ1v) is 12.0. The summed E-state index contributed by atoms with van der Waals surface area (Å²) in [5.41, 5.74) is 0.758. The second-order valence-electron chi connectivity index (χ2n) is 8.34. The van der Waals surface area contributed by atoms with Crippen LogP contribution in [0.25, 0.3) is 0 Å². The second kappa shape index (κ2) is 7.34. The molecule has 3 heterocycles. The highest BCUT2D eigenvalue weighted by atomic mass is 35.5. The maximum atomic E-state index is 13.2. The van der Waals surface area contributed by atoms with E-state index in [0.717, 1.165) is 5.56 Å². The van der Waals surface area contributed by atoms with E-state index in [9.17, 15) is 13.2 Å². The molecule has 0 N–H and O–H groups in total. The Hall–Kier alpha value is -1.93. The topological polar surface area (TPSA) is 66.9 Å². The smallest absolute Gasteiger partial charge is 0.254 e. The zero-order valence-electron chi connectivity index (χ0n) is 16.4. The molecule has 0 aliphatic carbocycles. The van der Waals surface area contributed by atoms with Gasteiger partial charge in [-0.2, -0.15) is 4.31 Å². The molecule has 0 unspecified atom stereocenters. The van der Waals surface area contributed by atoms with Gasteiger partial charge in [-0.25, -0.2) is 8.42 Å². The van der Waals surface area contributed by atoms with E-state index in [4.69, 9.17) is 16.3 Å². The zero-order chi connectivity index (χ0) is 20.9. The summed E-state index contributed by atoms with van der Waals surface area (Å²) in [6.45, 7) is 1.40. The van der Waals surface area contributed by atoms with Crippen LogP contribution >= 0.6 is 11.6 Å². The number of fused-ring (bicyclic) bond motifs is 1. The number of ether oxygens (including phenoxy) is 1. The molecule has 2 bridgehead atoms. The molecule has 0 aromatic heterocycles. The molecule has 0 saturated carbocycles. The molecule has 2 aromatic carbocycles. The Labute approximate surface area is 181 Å². The normalized spacial score (nSPS) is 29.7. The number of halogens is 1. The van der Waals surface area contributed by atoms with Crippen LogP contribution in [-0.2, 0) is 21.2 Å². The SMILES string of the molecule is O=C(c1cccc(Cl)c1)N1C[C@@H]2C[C@@H]3[C@@](C1)(CN(CCc1ccccc1)S3(=O)=O)O2. The third kappa shape index (κ3) is 3.34. The molecule has 0 radical (unpaired) electrons. The molecule has 3 atom stereocenters. The molecule has 1 spiro atoms. The number of nitrogens with zero attached hydrogens (tertiary/aromatic N) is 2. The Morgan fingerprint density at radius 1 is 1.13 bits per heavy atom. The number of benzene rings is 2. The third-order valence-corrected chi connectivity index (χ3v) is 8.97. The number of carbonyl (C=O) groups is 1. The lowest BCUT2D eigenvalue weighted by atomic mass is 9.99. The molecule has 5 rings (SSSR count).